The van der Waals surface area contributed by atoms with Gasteiger partial charge >= 0.3 is 6.18 Å². The van der Waals surface area contributed by atoms with Gasteiger partial charge in [-0.2, -0.15) is 18.3 Å². The van der Waals surface area contributed by atoms with Crippen LogP contribution in [0.4, 0.5) is 18.9 Å². The number of alkyl halides is 3. The van der Waals surface area contributed by atoms with Crippen molar-refractivity contribution in [2.45, 2.75) is 25.9 Å². The molecule has 0 aliphatic carbocycles. The molecule has 4 aromatic rings. The number of aromatic hydroxyl groups is 1. The second-order valence-corrected chi connectivity index (χ2v) is 7.60. The van der Waals surface area contributed by atoms with Crippen LogP contribution in [-0.4, -0.2) is 25.6 Å². The van der Waals surface area contributed by atoms with Gasteiger partial charge in [0.2, 0.25) is 0 Å². The number of amides is 1. The summed E-state index contributed by atoms with van der Waals surface area (Å²) < 4.78 is 41.9. The lowest BCUT2D eigenvalue weighted by Crippen LogP contribution is -2.15. The highest BCUT2D eigenvalue weighted by Gasteiger charge is 2.36. The van der Waals surface area contributed by atoms with Gasteiger partial charge in [0.25, 0.3) is 5.91 Å². The number of hydrogen-bond donors (Lipinski definition) is 2. The fourth-order valence-corrected chi connectivity index (χ4v) is 3.29. The van der Waals surface area contributed by atoms with Gasteiger partial charge in [-0.3, -0.25) is 4.79 Å². The number of hydrogen-bond acceptors (Lipinski definition) is 4. The van der Waals surface area contributed by atoms with Crippen LogP contribution in [-0.2, 0) is 6.18 Å². The lowest BCUT2D eigenvalue weighted by molar-refractivity contribution is -0.142. The molecule has 1 amide bonds. The number of nitrogens with zero attached hydrogens (tertiary/aromatic N) is 3. The van der Waals surface area contributed by atoms with Crippen molar-refractivity contribution in [3.8, 4) is 17.0 Å². The fourth-order valence-electron chi connectivity index (χ4n) is 3.29. The van der Waals surface area contributed by atoms with Crippen LogP contribution in [0.5, 0.6) is 5.75 Å². The van der Waals surface area contributed by atoms with E-state index in [1.54, 1.807) is 18.2 Å². The summed E-state index contributed by atoms with van der Waals surface area (Å²) in [7, 11) is 0. The average molecular weight is 440 g/mol. The zero-order chi connectivity index (χ0) is 23.0. The summed E-state index contributed by atoms with van der Waals surface area (Å²) in [5.41, 5.74) is 0.504. The molecule has 0 saturated heterocycles. The van der Waals surface area contributed by atoms with Gasteiger partial charge < -0.3 is 10.4 Å². The van der Waals surface area contributed by atoms with E-state index in [1.165, 1.54) is 18.2 Å². The third-order valence-electron chi connectivity index (χ3n) is 4.98. The van der Waals surface area contributed by atoms with E-state index in [0.29, 0.717) is 10.1 Å². The Morgan fingerprint density at radius 2 is 1.81 bits per heavy atom. The fraction of sp³-hybridized carbons (Fsp3) is 0.174. The molecular formula is C23H19F3N4O2. The Morgan fingerprint density at radius 1 is 1.09 bits per heavy atom. The van der Waals surface area contributed by atoms with E-state index in [-0.39, 0.29) is 34.3 Å². The van der Waals surface area contributed by atoms with Crippen molar-refractivity contribution in [2.24, 2.45) is 0 Å². The monoisotopic (exact) mass is 440 g/mol. The standard InChI is InChI=1S/C23H19F3N4O2/c1-13(2)14-6-8-15(9-7-14)19-11-20(23(24,25)26)30-21(29-19)18(12-27-30)22(32)28-16-4-3-5-17(31)10-16/h3-13,31H,1-2H3,(H,28,32). The number of carbonyl (C=O) groups excluding carboxylic acids is 1. The molecule has 164 valence electrons. The molecular weight excluding hydrogens is 421 g/mol. The molecule has 2 heterocycles. The summed E-state index contributed by atoms with van der Waals surface area (Å²) in [4.78, 5) is 17.1. The number of fused-ring (bicyclic) bond motifs is 1. The van der Waals surface area contributed by atoms with Gasteiger partial charge in [-0.15, -0.1) is 0 Å². The zero-order valence-corrected chi connectivity index (χ0v) is 17.2. The summed E-state index contributed by atoms with van der Waals surface area (Å²) in [6, 6.07) is 13.8. The Kier molecular flexibility index (Phi) is 5.33. The molecule has 0 saturated carbocycles. The molecule has 4 rings (SSSR count). The summed E-state index contributed by atoms with van der Waals surface area (Å²) in [5, 5.41) is 15.9. The SMILES string of the molecule is CC(C)c1ccc(-c2cc(C(F)(F)F)n3ncc(C(=O)Nc4cccc(O)c4)c3n2)cc1. The predicted molar refractivity (Wildman–Crippen MR) is 114 cm³/mol. The molecule has 0 fully saturated rings. The Labute approximate surface area is 181 Å². The van der Waals surface area contributed by atoms with Crippen molar-refractivity contribution in [2.75, 3.05) is 5.32 Å². The van der Waals surface area contributed by atoms with E-state index in [2.05, 4.69) is 15.4 Å². The second kappa shape index (κ2) is 7.99. The van der Waals surface area contributed by atoms with E-state index < -0.39 is 17.8 Å². The van der Waals surface area contributed by atoms with Crippen LogP contribution >= 0.6 is 0 Å². The molecule has 6 nitrogen and oxygen atoms in total. The van der Waals surface area contributed by atoms with Gasteiger partial charge in [0.1, 0.15) is 11.3 Å². The number of phenolic OH excluding ortho intramolecular Hbond substituents is 1. The number of nitrogens with one attached hydrogen (secondary N) is 1. The highest BCUT2D eigenvalue weighted by molar-refractivity contribution is 6.08. The number of halogens is 3. The molecule has 0 radical (unpaired) electrons. The van der Waals surface area contributed by atoms with Gasteiger partial charge in [0.15, 0.2) is 11.3 Å². The van der Waals surface area contributed by atoms with Crippen LogP contribution in [0.1, 0.15) is 41.4 Å². The molecule has 2 aromatic heterocycles. The van der Waals surface area contributed by atoms with Gasteiger partial charge in [-0.05, 0) is 29.7 Å². The minimum Gasteiger partial charge on any atom is -0.508 e. The normalized spacial score (nSPS) is 11.8. The lowest BCUT2D eigenvalue weighted by Gasteiger charge is -2.12. The Morgan fingerprint density at radius 3 is 2.44 bits per heavy atom. The first-order chi connectivity index (χ1) is 15.1. The first-order valence-electron chi connectivity index (χ1n) is 9.80. The molecule has 32 heavy (non-hydrogen) atoms. The Bertz CT molecular complexity index is 1300. The number of benzene rings is 2. The minimum atomic E-state index is -4.71. The third-order valence-corrected chi connectivity index (χ3v) is 4.98. The molecule has 2 N–H and O–H groups in total. The number of carbonyl (C=O) groups is 1. The smallest absolute Gasteiger partial charge is 0.433 e. The average Bonchev–Trinajstić information content (AvgIpc) is 3.16. The Hall–Kier alpha value is -3.88. The lowest BCUT2D eigenvalue weighted by atomic mass is 10.0. The molecule has 0 aliphatic heterocycles. The second-order valence-electron chi connectivity index (χ2n) is 7.60. The minimum absolute atomic E-state index is 0.0627. The topological polar surface area (TPSA) is 79.5 Å². The van der Waals surface area contributed by atoms with Gasteiger partial charge in [-0.1, -0.05) is 44.2 Å². The largest absolute Gasteiger partial charge is 0.508 e. The number of anilines is 1. The summed E-state index contributed by atoms with van der Waals surface area (Å²) in [6.07, 6.45) is -3.67. The summed E-state index contributed by atoms with van der Waals surface area (Å²) >= 11 is 0. The highest BCUT2D eigenvalue weighted by Crippen LogP contribution is 2.33. The van der Waals surface area contributed by atoms with Crippen molar-refractivity contribution >= 4 is 17.2 Å². The first kappa shape index (κ1) is 21.4. The van der Waals surface area contributed by atoms with Crippen LogP contribution in [0, 0.1) is 0 Å². The predicted octanol–water partition coefficient (Wildman–Crippen LogP) is 5.50. The maximum absolute atomic E-state index is 13.8. The first-order valence-corrected chi connectivity index (χ1v) is 9.80. The number of rotatable bonds is 4. The van der Waals surface area contributed by atoms with Crippen LogP contribution in [0.25, 0.3) is 16.9 Å². The summed E-state index contributed by atoms with van der Waals surface area (Å²) in [6.45, 7) is 4.04. The molecule has 0 aliphatic rings. The van der Waals surface area contributed by atoms with Crippen LogP contribution in [0.3, 0.4) is 0 Å². The van der Waals surface area contributed by atoms with Gasteiger partial charge in [0.05, 0.1) is 11.9 Å². The van der Waals surface area contributed by atoms with Gasteiger partial charge in [-0.25, -0.2) is 9.50 Å². The molecule has 2 aromatic carbocycles. The molecule has 0 unspecified atom stereocenters. The van der Waals surface area contributed by atoms with Crippen molar-refractivity contribution < 1.29 is 23.1 Å². The molecule has 0 atom stereocenters. The van der Waals surface area contributed by atoms with Crippen LogP contribution < -0.4 is 5.32 Å². The van der Waals surface area contributed by atoms with E-state index in [4.69, 9.17) is 0 Å². The van der Waals surface area contributed by atoms with Crippen LogP contribution in [0.2, 0.25) is 0 Å². The van der Waals surface area contributed by atoms with Crippen molar-refractivity contribution in [3.05, 3.63) is 77.6 Å². The zero-order valence-electron chi connectivity index (χ0n) is 17.2. The van der Waals surface area contributed by atoms with E-state index in [0.717, 1.165) is 17.8 Å². The molecule has 0 spiro atoms. The quantitative estimate of drug-likeness (QED) is 0.439. The summed E-state index contributed by atoms with van der Waals surface area (Å²) in [5.74, 6) is -0.487. The van der Waals surface area contributed by atoms with Crippen molar-refractivity contribution in [3.63, 3.8) is 0 Å². The Balaban J connectivity index is 1.82. The van der Waals surface area contributed by atoms with E-state index in [1.807, 2.05) is 26.0 Å². The highest BCUT2D eigenvalue weighted by atomic mass is 19.4. The van der Waals surface area contributed by atoms with Gasteiger partial charge in [0, 0.05) is 17.3 Å². The third kappa shape index (κ3) is 4.14. The van der Waals surface area contributed by atoms with Crippen LogP contribution in [0.15, 0.2) is 60.8 Å². The van der Waals surface area contributed by atoms with Crippen molar-refractivity contribution in [1.29, 1.82) is 0 Å². The van der Waals surface area contributed by atoms with E-state index >= 15 is 0 Å². The van der Waals surface area contributed by atoms with Crippen molar-refractivity contribution in [1.82, 2.24) is 14.6 Å². The number of aromatic nitrogens is 3. The molecule has 9 heteroatoms. The number of phenols is 1. The maximum Gasteiger partial charge on any atom is 0.433 e. The van der Waals surface area contributed by atoms with E-state index in [9.17, 15) is 23.1 Å². The molecule has 0 bridgehead atoms. The maximum atomic E-state index is 13.8.